The van der Waals surface area contributed by atoms with Crippen LogP contribution in [0.15, 0.2) is 48.7 Å². The van der Waals surface area contributed by atoms with Crippen LogP contribution in [0, 0.1) is 6.92 Å². The van der Waals surface area contributed by atoms with E-state index in [1.165, 1.54) is 5.56 Å². The summed E-state index contributed by atoms with van der Waals surface area (Å²) in [5, 5.41) is 2.94. The van der Waals surface area contributed by atoms with Crippen molar-refractivity contribution in [1.29, 1.82) is 0 Å². The number of carbonyl (C=O) groups is 1. The summed E-state index contributed by atoms with van der Waals surface area (Å²) in [4.78, 5) is 16.8. The Hall–Kier alpha value is -2.62. The minimum absolute atomic E-state index is 0.0794. The zero-order valence-electron chi connectivity index (χ0n) is 14.6. The minimum Gasteiger partial charge on any atom is -0.346 e. The quantitative estimate of drug-likeness (QED) is 0.796. The Balaban J connectivity index is 1.69. The van der Waals surface area contributed by atoms with Gasteiger partial charge in [-0.2, -0.15) is 0 Å². The number of imidazole rings is 1. The minimum atomic E-state index is -0.0794. The molecule has 0 bridgehead atoms. The third-order valence-electron chi connectivity index (χ3n) is 4.19. The highest BCUT2D eigenvalue weighted by atomic mass is 16.1. The first-order valence-electron chi connectivity index (χ1n) is 8.17. The largest absolute Gasteiger partial charge is 0.346 e. The van der Waals surface area contributed by atoms with Gasteiger partial charge in [0.05, 0.1) is 12.2 Å². The van der Waals surface area contributed by atoms with Gasteiger partial charge in [0.15, 0.2) is 0 Å². The van der Waals surface area contributed by atoms with Crippen molar-refractivity contribution >= 4 is 11.6 Å². The van der Waals surface area contributed by atoms with Gasteiger partial charge in [-0.25, -0.2) is 4.98 Å². The van der Waals surface area contributed by atoms with E-state index in [0.717, 1.165) is 17.0 Å². The molecule has 2 heterocycles. The highest BCUT2D eigenvalue weighted by Gasteiger charge is 2.14. The number of fused-ring (bicyclic) bond motifs is 1. The van der Waals surface area contributed by atoms with Gasteiger partial charge in [0.2, 0.25) is 0 Å². The molecule has 1 amide bonds. The third kappa shape index (κ3) is 3.32. The van der Waals surface area contributed by atoms with Crippen LogP contribution < -0.4 is 5.32 Å². The summed E-state index contributed by atoms with van der Waals surface area (Å²) in [5.74, 6) is -0.0794. The summed E-state index contributed by atoms with van der Waals surface area (Å²) in [7, 11) is 0. The molecule has 0 unspecified atom stereocenters. The summed E-state index contributed by atoms with van der Waals surface area (Å²) in [5.41, 5.74) is 4.84. The van der Waals surface area contributed by atoms with Crippen LogP contribution in [0.25, 0.3) is 5.65 Å². The molecule has 4 nitrogen and oxygen atoms in total. The topological polar surface area (TPSA) is 46.4 Å². The number of hydrogen-bond donors (Lipinski definition) is 1. The Morgan fingerprint density at radius 3 is 2.46 bits per heavy atom. The van der Waals surface area contributed by atoms with E-state index in [1.54, 1.807) is 0 Å². The number of carbonyl (C=O) groups excluding carboxylic acids is 1. The number of nitrogens with one attached hydrogen (secondary N) is 1. The second-order valence-corrected chi connectivity index (χ2v) is 7.14. The first-order chi connectivity index (χ1) is 11.3. The molecule has 0 aliphatic heterocycles. The molecular weight excluding hydrogens is 298 g/mol. The molecule has 2 aromatic heterocycles. The molecule has 0 saturated carbocycles. The van der Waals surface area contributed by atoms with E-state index in [9.17, 15) is 4.79 Å². The molecule has 0 radical (unpaired) electrons. The number of amides is 1. The Bertz CT molecular complexity index is 870. The smallest absolute Gasteiger partial charge is 0.251 e. The standard InChI is InChI=1S/C20H23N3O/c1-14-6-5-7-18-22-17(13-23(14)18)12-21-19(24)15-8-10-16(11-9-15)20(2,3)4/h5-11,13H,12H2,1-4H3,(H,21,24). The SMILES string of the molecule is Cc1cccc2nc(CNC(=O)c3ccc(C(C)(C)C)cc3)cn12. The lowest BCUT2D eigenvalue weighted by Gasteiger charge is -2.19. The van der Waals surface area contributed by atoms with Gasteiger partial charge in [0, 0.05) is 17.5 Å². The highest BCUT2D eigenvalue weighted by molar-refractivity contribution is 5.94. The fraction of sp³-hybridized carbons (Fsp3) is 0.300. The molecule has 0 aliphatic carbocycles. The van der Waals surface area contributed by atoms with Crippen molar-refractivity contribution in [2.75, 3.05) is 0 Å². The van der Waals surface area contributed by atoms with Crippen LogP contribution in [-0.2, 0) is 12.0 Å². The Morgan fingerprint density at radius 1 is 1.12 bits per heavy atom. The van der Waals surface area contributed by atoms with Crippen molar-refractivity contribution < 1.29 is 4.79 Å². The second-order valence-electron chi connectivity index (χ2n) is 7.14. The number of pyridine rings is 1. The lowest BCUT2D eigenvalue weighted by atomic mass is 9.87. The number of aromatic nitrogens is 2. The molecule has 1 N–H and O–H groups in total. The van der Waals surface area contributed by atoms with Gasteiger partial charge >= 0.3 is 0 Å². The Labute approximate surface area is 142 Å². The van der Waals surface area contributed by atoms with Gasteiger partial charge in [-0.1, -0.05) is 39.0 Å². The molecule has 3 aromatic rings. The maximum absolute atomic E-state index is 12.3. The van der Waals surface area contributed by atoms with Gasteiger partial charge in [0.25, 0.3) is 5.91 Å². The van der Waals surface area contributed by atoms with Gasteiger partial charge in [0.1, 0.15) is 5.65 Å². The van der Waals surface area contributed by atoms with E-state index in [-0.39, 0.29) is 11.3 Å². The van der Waals surface area contributed by atoms with Crippen LogP contribution in [0.5, 0.6) is 0 Å². The Morgan fingerprint density at radius 2 is 1.83 bits per heavy atom. The molecular formula is C20H23N3O. The summed E-state index contributed by atoms with van der Waals surface area (Å²) < 4.78 is 2.03. The monoisotopic (exact) mass is 321 g/mol. The van der Waals surface area contributed by atoms with Crippen molar-refractivity contribution in [3.8, 4) is 0 Å². The predicted molar refractivity (Wildman–Crippen MR) is 96.2 cm³/mol. The van der Waals surface area contributed by atoms with E-state index >= 15 is 0 Å². The zero-order chi connectivity index (χ0) is 17.3. The molecule has 124 valence electrons. The van der Waals surface area contributed by atoms with E-state index < -0.39 is 0 Å². The fourth-order valence-corrected chi connectivity index (χ4v) is 2.68. The lowest BCUT2D eigenvalue weighted by Crippen LogP contribution is -2.23. The highest BCUT2D eigenvalue weighted by Crippen LogP contribution is 2.22. The van der Waals surface area contributed by atoms with E-state index in [4.69, 9.17) is 0 Å². The second kappa shape index (κ2) is 6.11. The summed E-state index contributed by atoms with van der Waals surface area (Å²) in [6, 6.07) is 13.8. The summed E-state index contributed by atoms with van der Waals surface area (Å²) in [6.07, 6.45) is 1.97. The lowest BCUT2D eigenvalue weighted by molar-refractivity contribution is 0.0950. The first kappa shape index (κ1) is 16.2. The maximum atomic E-state index is 12.3. The molecule has 4 heteroatoms. The van der Waals surface area contributed by atoms with Gasteiger partial charge < -0.3 is 9.72 Å². The number of aryl methyl sites for hydroxylation is 1. The van der Waals surface area contributed by atoms with E-state index in [0.29, 0.717) is 12.1 Å². The summed E-state index contributed by atoms with van der Waals surface area (Å²) in [6.45, 7) is 8.93. The fourth-order valence-electron chi connectivity index (χ4n) is 2.68. The van der Waals surface area contributed by atoms with Crippen LogP contribution >= 0.6 is 0 Å². The van der Waals surface area contributed by atoms with Crippen LogP contribution in [0.4, 0.5) is 0 Å². The van der Waals surface area contributed by atoms with Gasteiger partial charge in [-0.05, 0) is 42.2 Å². The van der Waals surface area contributed by atoms with Crippen LogP contribution in [0.1, 0.15) is 48.1 Å². The normalized spacial score (nSPS) is 11.7. The zero-order valence-corrected chi connectivity index (χ0v) is 14.6. The average Bonchev–Trinajstić information content (AvgIpc) is 2.96. The van der Waals surface area contributed by atoms with Crippen molar-refractivity contribution in [2.24, 2.45) is 0 Å². The van der Waals surface area contributed by atoms with Crippen molar-refractivity contribution in [1.82, 2.24) is 14.7 Å². The van der Waals surface area contributed by atoms with Crippen LogP contribution in [0.3, 0.4) is 0 Å². The Kier molecular flexibility index (Phi) is 4.14. The van der Waals surface area contributed by atoms with Crippen molar-refractivity contribution in [3.63, 3.8) is 0 Å². The van der Waals surface area contributed by atoms with Crippen LogP contribution in [0.2, 0.25) is 0 Å². The number of nitrogens with zero attached hydrogens (tertiary/aromatic N) is 2. The van der Waals surface area contributed by atoms with Crippen molar-refractivity contribution in [3.05, 3.63) is 71.2 Å². The van der Waals surface area contributed by atoms with Crippen LogP contribution in [-0.4, -0.2) is 15.3 Å². The molecule has 0 fully saturated rings. The van der Waals surface area contributed by atoms with E-state index in [2.05, 4.69) is 31.1 Å². The first-order valence-corrected chi connectivity index (χ1v) is 8.17. The molecule has 0 aliphatic rings. The third-order valence-corrected chi connectivity index (χ3v) is 4.19. The van der Waals surface area contributed by atoms with Gasteiger partial charge in [-0.15, -0.1) is 0 Å². The summed E-state index contributed by atoms with van der Waals surface area (Å²) >= 11 is 0. The molecule has 0 atom stereocenters. The van der Waals surface area contributed by atoms with Gasteiger partial charge in [-0.3, -0.25) is 4.79 Å². The number of hydrogen-bond acceptors (Lipinski definition) is 2. The molecule has 0 saturated heterocycles. The predicted octanol–water partition coefficient (Wildman–Crippen LogP) is 3.87. The number of benzene rings is 1. The molecule has 0 spiro atoms. The average molecular weight is 321 g/mol. The number of rotatable bonds is 3. The molecule has 3 rings (SSSR count). The molecule has 1 aromatic carbocycles. The van der Waals surface area contributed by atoms with E-state index in [1.807, 2.05) is 60.0 Å². The maximum Gasteiger partial charge on any atom is 0.251 e. The molecule has 24 heavy (non-hydrogen) atoms. The van der Waals surface area contributed by atoms with Crippen molar-refractivity contribution in [2.45, 2.75) is 39.7 Å².